The van der Waals surface area contributed by atoms with Gasteiger partial charge in [-0.15, -0.1) is 0 Å². The average Bonchev–Trinajstić information content (AvgIpc) is 3.55. The molecule has 0 bridgehead atoms. The van der Waals surface area contributed by atoms with Crippen molar-refractivity contribution in [2.24, 2.45) is 0 Å². The molecule has 2 amide bonds. The van der Waals surface area contributed by atoms with Gasteiger partial charge in [0, 0.05) is 44.2 Å². The van der Waals surface area contributed by atoms with Crippen molar-refractivity contribution in [3.05, 3.63) is 82.9 Å². The van der Waals surface area contributed by atoms with E-state index in [0.29, 0.717) is 30.4 Å². The Morgan fingerprint density at radius 3 is 2.28 bits per heavy atom. The van der Waals surface area contributed by atoms with Gasteiger partial charge >= 0.3 is 11.9 Å². The SMILES string of the molecule is CCCCCC1(CCCCC)OC2C=C(C(=O)NCCC(=O)NC(CO)CCC(=O)OC(C)(C)C)CC(OC(=O)c3ccc(C=CCc4ccccc4O)cc3)C2O1. The van der Waals surface area contributed by atoms with E-state index in [-0.39, 0.29) is 50.5 Å². The maximum atomic E-state index is 13.6. The van der Waals surface area contributed by atoms with Crippen LogP contribution >= 0.6 is 0 Å². The molecule has 4 unspecified atom stereocenters. The van der Waals surface area contributed by atoms with E-state index in [1.54, 1.807) is 51.1 Å². The minimum Gasteiger partial charge on any atom is -0.508 e. The molecule has 0 aromatic heterocycles. The molecule has 58 heavy (non-hydrogen) atoms. The van der Waals surface area contributed by atoms with Crippen LogP contribution in [-0.2, 0) is 39.8 Å². The van der Waals surface area contributed by atoms with E-state index in [2.05, 4.69) is 24.5 Å². The fourth-order valence-corrected chi connectivity index (χ4v) is 7.14. The third kappa shape index (κ3) is 14.7. The second-order valence-electron chi connectivity index (χ2n) is 16.3. The number of carbonyl (C=O) groups excluding carboxylic acids is 4. The number of aliphatic hydroxyl groups excluding tert-OH is 1. The number of aromatic hydroxyl groups is 1. The normalized spacial score (nSPS) is 19.2. The maximum absolute atomic E-state index is 13.6. The Balaban J connectivity index is 1.42. The molecule has 12 heteroatoms. The topological polar surface area (TPSA) is 170 Å². The number of allylic oxidation sites excluding steroid dienone is 1. The van der Waals surface area contributed by atoms with Gasteiger partial charge in [-0.05, 0) is 81.9 Å². The summed E-state index contributed by atoms with van der Waals surface area (Å²) in [5.41, 5.74) is 1.79. The number of fused-ring (bicyclic) bond motifs is 1. The number of hydrogen-bond acceptors (Lipinski definition) is 10. The van der Waals surface area contributed by atoms with E-state index >= 15 is 0 Å². The highest BCUT2D eigenvalue weighted by Crippen LogP contribution is 2.43. The summed E-state index contributed by atoms with van der Waals surface area (Å²) in [7, 11) is 0. The number of hydrogen-bond donors (Lipinski definition) is 4. The van der Waals surface area contributed by atoms with Crippen LogP contribution in [0.15, 0.2) is 66.3 Å². The van der Waals surface area contributed by atoms with Crippen LogP contribution in [0.3, 0.4) is 0 Å². The fraction of sp³-hybridized carbons (Fsp3) is 0.565. The second-order valence-corrected chi connectivity index (χ2v) is 16.3. The minimum atomic E-state index is -0.859. The van der Waals surface area contributed by atoms with Crippen molar-refractivity contribution in [1.82, 2.24) is 10.6 Å². The first-order valence-electron chi connectivity index (χ1n) is 21.0. The lowest BCUT2D eigenvalue weighted by molar-refractivity contribution is -0.190. The molecule has 1 heterocycles. The highest BCUT2D eigenvalue weighted by Gasteiger charge is 2.52. The fourth-order valence-electron chi connectivity index (χ4n) is 7.14. The van der Waals surface area contributed by atoms with Crippen LogP contribution in [-0.4, -0.2) is 82.9 Å². The average molecular weight is 805 g/mol. The van der Waals surface area contributed by atoms with Gasteiger partial charge in [-0.3, -0.25) is 14.4 Å². The number of phenolic OH excluding ortho intramolecular Hbond substituents is 1. The molecule has 1 saturated heterocycles. The van der Waals surface area contributed by atoms with Crippen LogP contribution in [0.1, 0.15) is 133 Å². The Morgan fingerprint density at radius 1 is 0.948 bits per heavy atom. The summed E-state index contributed by atoms with van der Waals surface area (Å²) < 4.78 is 24.9. The van der Waals surface area contributed by atoms with E-state index in [1.165, 1.54) is 0 Å². The molecular formula is C46H64N2O10. The Bertz CT molecular complexity index is 1700. The van der Waals surface area contributed by atoms with Gasteiger partial charge in [0.15, 0.2) is 5.79 Å². The molecule has 0 saturated carbocycles. The van der Waals surface area contributed by atoms with Crippen molar-refractivity contribution >= 4 is 29.8 Å². The first-order valence-corrected chi connectivity index (χ1v) is 21.0. The summed E-state index contributed by atoms with van der Waals surface area (Å²) in [6.07, 6.45) is 11.8. The molecule has 0 spiro atoms. The van der Waals surface area contributed by atoms with Crippen molar-refractivity contribution in [2.75, 3.05) is 13.2 Å². The zero-order valence-corrected chi connectivity index (χ0v) is 34.9. The predicted octanol–water partition coefficient (Wildman–Crippen LogP) is 7.25. The van der Waals surface area contributed by atoms with Gasteiger partial charge in [0.2, 0.25) is 11.8 Å². The van der Waals surface area contributed by atoms with E-state index in [1.807, 2.05) is 36.4 Å². The minimum absolute atomic E-state index is 0.0212. The number of para-hydroxylation sites is 1. The Hall–Kier alpha value is -4.52. The van der Waals surface area contributed by atoms with Crippen molar-refractivity contribution in [3.8, 4) is 5.75 Å². The Labute approximate surface area is 343 Å². The van der Waals surface area contributed by atoms with Crippen molar-refractivity contribution in [3.63, 3.8) is 0 Å². The molecule has 2 aliphatic rings. The first-order chi connectivity index (χ1) is 27.7. The molecule has 318 valence electrons. The van der Waals surface area contributed by atoms with Crippen LogP contribution in [0, 0.1) is 0 Å². The quantitative estimate of drug-likeness (QED) is 0.0703. The van der Waals surface area contributed by atoms with Gasteiger partial charge in [-0.2, -0.15) is 0 Å². The number of nitrogens with one attached hydrogen (secondary N) is 2. The van der Waals surface area contributed by atoms with Gasteiger partial charge < -0.3 is 39.8 Å². The standard InChI is InChI=1S/C46H64N2O10/c1-6-8-12-26-46(27-13-9-7-2)56-39-30-35(43(53)47-28-25-40(51)48-36(31-49)23-24-41(52)57-45(3,4)5)29-38(42(39)58-46)55-44(54)34-21-19-32(20-22-34)15-14-17-33-16-10-11-18-37(33)50/h10-11,14-16,18-22,30,36,38-39,42,49-50H,6-9,12-13,17,23-29,31H2,1-5H3,(H,47,53)(H,48,51). The van der Waals surface area contributed by atoms with Gasteiger partial charge in [0.1, 0.15) is 29.7 Å². The lowest BCUT2D eigenvalue weighted by Crippen LogP contribution is -2.44. The molecule has 4 atom stereocenters. The first kappa shape index (κ1) is 46.2. The number of carbonyl (C=O) groups is 4. The lowest BCUT2D eigenvalue weighted by Gasteiger charge is -2.31. The van der Waals surface area contributed by atoms with Gasteiger partial charge in [-0.1, -0.05) is 82.0 Å². The van der Waals surface area contributed by atoms with Crippen LogP contribution < -0.4 is 10.6 Å². The number of benzene rings is 2. The third-order valence-electron chi connectivity index (χ3n) is 10.2. The number of esters is 2. The number of rotatable bonds is 22. The van der Waals surface area contributed by atoms with E-state index in [4.69, 9.17) is 18.9 Å². The Morgan fingerprint density at radius 2 is 1.64 bits per heavy atom. The molecule has 2 aromatic rings. The summed E-state index contributed by atoms with van der Waals surface area (Å²) in [4.78, 5) is 52.1. The second kappa shape index (κ2) is 22.6. The number of unbranched alkanes of at least 4 members (excludes halogenated alkanes) is 4. The molecular weight excluding hydrogens is 741 g/mol. The van der Waals surface area contributed by atoms with Gasteiger partial charge in [0.05, 0.1) is 18.2 Å². The summed E-state index contributed by atoms with van der Waals surface area (Å²) in [6, 6.07) is 13.6. The molecule has 2 aromatic carbocycles. The number of phenols is 1. The summed E-state index contributed by atoms with van der Waals surface area (Å²) in [6.45, 7) is 9.27. The van der Waals surface area contributed by atoms with E-state index in [9.17, 15) is 29.4 Å². The van der Waals surface area contributed by atoms with Gasteiger partial charge in [-0.25, -0.2) is 4.79 Å². The van der Waals surface area contributed by atoms with Gasteiger partial charge in [0.25, 0.3) is 0 Å². The zero-order valence-electron chi connectivity index (χ0n) is 34.9. The van der Waals surface area contributed by atoms with E-state index < -0.39 is 53.6 Å². The van der Waals surface area contributed by atoms with Crippen LogP contribution in [0.2, 0.25) is 0 Å². The molecule has 1 aliphatic carbocycles. The molecule has 4 rings (SSSR count). The third-order valence-corrected chi connectivity index (χ3v) is 10.2. The van der Waals surface area contributed by atoms with Crippen molar-refractivity contribution in [2.45, 2.75) is 154 Å². The molecule has 4 N–H and O–H groups in total. The van der Waals surface area contributed by atoms with E-state index in [0.717, 1.165) is 49.7 Å². The zero-order chi connectivity index (χ0) is 42.1. The lowest BCUT2D eigenvalue weighted by atomic mass is 9.91. The smallest absolute Gasteiger partial charge is 0.338 e. The van der Waals surface area contributed by atoms with Crippen molar-refractivity contribution in [1.29, 1.82) is 0 Å². The number of ether oxygens (including phenoxy) is 4. The number of aliphatic hydroxyl groups is 1. The highest BCUT2D eigenvalue weighted by atomic mass is 16.8. The largest absolute Gasteiger partial charge is 0.508 e. The van der Waals surface area contributed by atoms with Crippen LogP contribution in [0.25, 0.3) is 6.08 Å². The molecule has 12 nitrogen and oxygen atoms in total. The highest BCUT2D eigenvalue weighted by molar-refractivity contribution is 5.94. The number of amides is 2. The summed E-state index contributed by atoms with van der Waals surface area (Å²) >= 11 is 0. The van der Waals surface area contributed by atoms with Crippen LogP contribution in [0.5, 0.6) is 5.75 Å². The Kier molecular flexibility index (Phi) is 18.0. The van der Waals surface area contributed by atoms with Crippen molar-refractivity contribution < 1.29 is 48.3 Å². The predicted molar refractivity (Wildman–Crippen MR) is 222 cm³/mol. The molecule has 1 aliphatic heterocycles. The molecule has 0 radical (unpaired) electrons. The monoisotopic (exact) mass is 804 g/mol. The van der Waals surface area contributed by atoms with Crippen LogP contribution in [0.4, 0.5) is 0 Å². The summed E-state index contributed by atoms with van der Waals surface area (Å²) in [5, 5.41) is 25.4. The maximum Gasteiger partial charge on any atom is 0.338 e. The molecule has 1 fully saturated rings. The summed E-state index contributed by atoms with van der Waals surface area (Å²) in [5.74, 6) is -2.38.